The van der Waals surface area contributed by atoms with Crippen molar-refractivity contribution in [3.63, 3.8) is 0 Å². The fourth-order valence-corrected chi connectivity index (χ4v) is 3.25. The van der Waals surface area contributed by atoms with Gasteiger partial charge in [0, 0.05) is 32.5 Å². The summed E-state index contributed by atoms with van der Waals surface area (Å²) in [7, 11) is 0. The van der Waals surface area contributed by atoms with Gasteiger partial charge >= 0.3 is 0 Å². The Bertz CT molecular complexity index is 570. The summed E-state index contributed by atoms with van der Waals surface area (Å²) < 4.78 is 0. The quantitative estimate of drug-likeness (QED) is 0.698. The van der Waals surface area contributed by atoms with E-state index in [2.05, 4.69) is 36.2 Å². The number of hydrogen-bond acceptors (Lipinski definition) is 3. The van der Waals surface area contributed by atoms with Crippen molar-refractivity contribution in [1.82, 2.24) is 15.1 Å². The van der Waals surface area contributed by atoms with Crippen LogP contribution in [-0.4, -0.2) is 54.3 Å². The second kappa shape index (κ2) is 10.2. The van der Waals surface area contributed by atoms with Crippen molar-refractivity contribution in [1.29, 1.82) is 0 Å². The minimum atomic E-state index is -0.0229. The molecule has 5 nitrogen and oxygen atoms in total. The van der Waals surface area contributed by atoms with Crippen molar-refractivity contribution in [2.24, 2.45) is 0 Å². The predicted molar refractivity (Wildman–Crippen MR) is 100 cm³/mol. The van der Waals surface area contributed by atoms with Gasteiger partial charge in [0.05, 0.1) is 0 Å². The first-order valence-corrected chi connectivity index (χ1v) is 9.47. The van der Waals surface area contributed by atoms with Gasteiger partial charge in [-0.15, -0.1) is 0 Å². The van der Waals surface area contributed by atoms with Gasteiger partial charge in [0.25, 0.3) is 0 Å². The van der Waals surface area contributed by atoms with Crippen LogP contribution in [0.1, 0.15) is 44.2 Å². The molecule has 1 aromatic rings. The lowest BCUT2D eigenvalue weighted by atomic mass is 9.99. The molecule has 1 aliphatic rings. The van der Waals surface area contributed by atoms with Crippen LogP contribution >= 0.6 is 0 Å². The monoisotopic (exact) mass is 345 g/mol. The summed E-state index contributed by atoms with van der Waals surface area (Å²) >= 11 is 0. The molecular formula is C20H31N3O2. The molecule has 1 aliphatic heterocycles. The molecule has 0 unspecified atom stereocenters. The number of hydrogen-bond donors (Lipinski definition) is 1. The first kappa shape index (κ1) is 19.4. The average Bonchev–Trinajstić information content (AvgIpc) is 2.65. The van der Waals surface area contributed by atoms with Crippen LogP contribution < -0.4 is 5.32 Å². The summed E-state index contributed by atoms with van der Waals surface area (Å²) in [4.78, 5) is 28.5. The molecule has 1 N–H and O–H groups in total. The summed E-state index contributed by atoms with van der Waals surface area (Å²) in [6, 6.07) is 8.26. The smallest absolute Gasteiger partial charge is 0.223 e. The van der Waals surface area contributed by atoms with Gasteiger partial charge in [-0.1, -0.05) is 38.1 Å². The number of nitrogens with zero attached hydrogens (tertiary/aromatic N) is 2. The molecule has 2 amide bonds. The molecule has 0 radical (unpaired) electrons. The van der Waals surface area contributed by atoms with Crippen LogP contribution in [0.2, 0.25) is 0 Å². The maximum atomic E-state index is 12.3. The molecule has 2 rings (SSSR count). The first-order valence-electron chi connectivity index (χ1n) is 9.47. The van der Waals surface area contributed by atoms with Crippen molar-refractivity contribution < 1.29 is 9.59 Å². The lowest BCUT2D eigenvalue weighted by Crippen LogP contribution is -2.36. The molecule has 0 aliphatic carbocycles. The molecule has 0 saturated carbocycles. The van der Waals surface area contributed by atoms with Gasteiger partial charge in [0.2, 0.25) is 11.8 Å². The zero-order chi connectivity index (χ0) is 18.1. The lowest BCUT2D eigenvalue weighted by Gasteiger charge is -2.28. The minimum Gasteiger partial charge on any atom is -0.356 e. The molecular weight excluding hydrogens is 314 g/mol. The van der Waals surface area contributed by atoms with Crippen LogP contribution in [0.25, 0.3) is 0 Å². The van der Waals surface area contributed by atoms with E-state index in [1.807, 2.05) is 17.0 Å². The SMILES string of the molecule is CCN(CC)CCCNC(=O)CCC(=O)N1CCc2ccccc2C1. The zero-order valence-electron chi connectivity index (χ0n) is 15.6. The number of amides is 2. The Labute approximate surface area is 151 Å². The summed E-state index contributed by atoms with van der Waals surface area (Å²) in [5.74, 6) is 0.0538. The third-order valence-corrected chi connectivity index (χ3v) is 4.92. The molecule has 0 bridgehead atoms. The molecule has 0 aromatic heterocycles. The van der Waals surface area contributed by atoms with Gasteiger partial charge in [-0.2, -0.15) is 0 Å². The number of carbonyl (C=O) groups excluding carboxylic acids is 2. The van der Waals surface area contributed by atoms with E-state index in [-0.39, 0.29) is 18.2 Å². The highest BCUT2D eigenvalue weighted by Gasteiger charge is 2.20. The van der Waals surface area contributed by atoms with E-state index in [1.54, 1.807) is 0 Å². The number of nitrogens with one attached hydrogen (secondary N) is 1. The van der Waals surface area contributed by atoms with Crippen molar-refractivity contribution >= 4 is 11.8 Å². The van der Waals surface area contributed by atoms with Gasteiger partial charge < -0.3 is 15.1 Å². The Morgan fingerprint density at radius 3 is 2.56 bits per heavy atom. The van der Waals surface area contributed by atoms with Gasteiger partial charge in [-0.3, -0.25) is 9.59 Å². The van der Waals surface area contributed by atoms with Gasteiger partial charge in [-0.25, -0.2) is 0 Å². The van der Waals surface area contributed by atoms with E-state index >= 15 is 0 Å². The van der Waals surface area contributed by atoms with E-state index in [0.29, 0.717) is 19.5 Å². The van der Waals surface area contributed by atoms with Gasteiger partial charge in [0.15, 0.2) is 0 Å². The summed E-state index contributed by atoms with van der Waals surface area (Å²) in [5.41, 5.74) is 2.56. The number of rotatable bonds is 9. The summed E-state index contributed by atoms with van der Waals surface area (Å²) in [6.07, 6.45) is 2.43. The number of carbonyl (C=O) groups is 2. The minimum absolute atomic E-state index is 0.0229. The third kappa shape index (κ3) is 6.16. The Hall–Kier alpha value is -1.88. The van der Waals surface area contributed by atoms with Crippen molar-refractivity contribution in [2.75, 3.05) is 32.7 Å². The zero-order valence-corrected chi connectivity index (χ0v) is 15.6. The van der Waals surface area contributed by atoms with E-state index in [0.717, 1.165) is 39.0 Å². The summed E-state index contributed by atoms with van der Waals surface area (Å²) in [6.45, 7) is 9.47. The second-order valence-corrected chi connectivity index (χ2v) is 6.56. The standard InChI is InChI=1S/C20H31N3O2/c1-3-22(4-2)14-7-13-21-19(24)10-11-20(25)23-15-12-17-8-5-6-9-18(17)16-23/h5-6,8-9H,3-4,7,10-16H2,1-2H3,(H,21,24). The first-order chi connectivity index (χ1) is 12.1. The molecule has 1 aromatic carbocycles. The Morgan fingerprint density at radius 1 is 1.12 bits per heavy atom. The van der Waals surface area contributed by atoms with Crippen LogP contribution in [0.15, 0.2) is 24.3 Å². The fraction of sp³-hybridized carbons (Fsp3) is 0.600. The number of benzene rings is 1. The molecule has 1 heterocycles. The topological polar surface area (TPSA) is 52.7 Å². The molecule has 0 atom stereocenters. The van der Waals surface area contributed by atoms with E-state index in [9.17, 15) is 9.59 Å². The number of fused-ring (bicyclic) bond motifs is 1. The second-order valence-electron chi connectivity index (χ2n) is 6.56. The molecule has 0 spiro atoms. The normalized spacial score (nSPS) is 13.6. The predicted octanol–water partition coefficient (Wildman–Crippen LogP) is 2.20. The molecule has 0 fully saturated rings. The van der Waals surface area contributed by atoms with Crippen molar-refractivity contribution in [3.8, 4) is 0 Å². The highest BCUT2D eigenvalue weighted by Crippen LogP contribution is 2.19. The highest BCUT2D eigenvalue weighted by molar-refractivity contribution is 5.83. The van der Waals surface area contributed by atoms with Crippen LogP contribution in [0.3, 0.4) is 0 Å². The van der Waals surface area contributed by atoms with E-state index in [1.165, 1.54) is 11.1 Å². The van der Waals surface area contributed by atoms with Crippen molar-refractivity contribution in [3.05, 3.63) is 35.4 Å². The molecule has 25 heavy (non-hydrogen) atoms. The average molecular weight is 345 g/mol. The fourth-order valence-electron chi connectivity index (χ4n) is 3.25. The van der Waals surface area contributed by atoms with Crippen molar-refractivity contribution in [2.45, 2.75) is 46.1 Å². The Morgan fingerprint density at radius 2 is 1.84 bits per heavy atom. The largest absolute Gasteiger partial charge is 0.356 e. The van der Waals surface area contributed by atoms with Crippen LogP contribution in [0, 0.1) is 0 Å². The van der Waals surface area contributed by atoms with E-state index < -0.39 is 0 Å². The Kier molecular flexibility index (Phi) is 7.92. The summed E-state index contributed by atoms with van der Waals surface area (Å²) in [5, 5.41) is 2.92. The molecule has 5 heteroatoms. The molecule has 0 saturated heterocycles. The van der Waals surface area contributed by atoms with Crippen LogP contribution in [0.5, 0.6) is 0 Å². The molecule has 138 valence electrons. The highest BCUT2D eigenvalue weighted by atomic mass is 16.2. The third-order valence-electron chi connectivity index (χ3n) is 4.92. The maximum Gasteiger partial charge on any atom is 0.223 e. The maximum absolute atomic E-state index is 12.3. The van der Waals surface area contributed by atoms with Gasteiger partial charge in [0.1, 0.15) is 0 Å². The van der Waals surface area contributed by atoms with Crippen LogP contribution in [-0.2, 0) is 22.6 Å². The Balaban J connectivity index is 1.64. The lowest BCUT2D eigenvalue weighted by molar-refractivity contribution is -0.134. The van der Waals surface area contributed by atoms with E-state index in [4.69, 9.17) is 0 Å². The van der Waals surface area contributed by atoms with Gasteiger partial charge in [-0.05, 0) is 43.6 Å². The van der Waals surface area contributed by atoms with Crippen LogP contribution in [0.4, 0.5) is 0 Å².